The van der Waals surface area contributed by atoms with Gasteiger partial charge in [0.15, 0.2) is 5.78 Å². The van der Waals surface area contributed by atoms with Gasteiger partial charge in [-0.3, -0.25) is 4.79 Å². The van der Waals surface area contributed by atoms with E-state index in [0.717, 1.165) is 41.0 Å². The zero-order valence-electron chi connectivity index (χ0n) is 16.3. The molecular weight excluding hydrogens is 364 g/mol. The van der Waals surface area contributed by atoms with Crippen molar-refractivity contribution in [3.63, 3.8) is 0 Å². The molecule has 29 heavy (non-hydrogen) atoms. The number of carbonyl (C=O) groups is 1. The molecule has 146 valence electrons. The van der Waals surface area contributed by atoms with Crippen LogP contribution in [0.25, 0.3) is 0 Å². The lowest BCUT2D eigenvalue weighted by Gasteiger charge is -2.32. The highest BCUT2D eigenvalue weighted by Gasteiger charge is 2.36. The number of nitrogens with zero attached hydrogens (tertiary/aromatic N) is 3. The molecule has 6 nitrogen and oxygen atoms in total. The minimum atomic E-state index is -0.279. The summed E-state index contributed by atoms with van der Waals surface area (Å²) < 4.78 is 7.87. The van der Waals surface area contributed by atoms with Crippen LogP contribution in [0.4, 0.5) is 5.95 Å². The van der Waals surface area contributed by atoms with Gasteiger partial charge in [0.05, 0.1) is 0 Å². The lowest BCUT2D eigenvalue weighted by Crippen LogP contribution is -2.31. The Bertz CT molecular complexity index is 1120. The highest BCUT2D eigenvalue weighted by molar-refractivity contribution is 5.99. The van der Waals surface area contributed by atoms with Gasteiger partial charge in [-0.2, -0.15) is 10.1 Å². The second-order valence-corrected chi connectivity index (χ2v) is 7.51. The van der Waals surface area contributed by atoms with E-state index in [1.54, 1.807) is 4.68 Å². The van der Waals surface area contributed by atoms with E-state index in [2.05, 4.69) is 34.5 Å². The lowest BCUT2D eigenvalue weighted by atomic mass is 9.85. The summed E-state index contributed by atoms with van der Waals surface area (Å²) in [4.78, 5) is 17.1. The molecule has 1 aromatic heterocycles. The first kappa shape index (κ1) is 17.7. The van der Waals surface area contributed by atoms with Crippen LogP contribution in [0.3, 0.4) is 0 Å². The number of aryl methyl sites for hydroxylation is 1. The standard InChI is InChI=1S/C23H22N4O2/c1-15-6-2-3-7-17(15)13-29-18-9-4-8-16(12-18)22-21-19(10-5-11-20(21)28)26-23-24-14-25-27(22)23/h2-4,6-9,12,14,22H,5,10-11,13H2,1H3,(H,24,25,26). The molecule has 2 heterocycles. The average molecular weight is 386 g/mol. The van der Waals surface area contributed by atoms with Crippen LogP contribution in [0.15, 0.2) is 66.1 Å². The van der Waals surface area contributed by atoms with E-state index in [4.69, 9.17) is 4.74 Å². The van der Waals surface area contributed by atoms with Gasteiger partial charge in [-0.25, -0.2) is 4.68 Å². The van der Waals surface area contributed by atoms with Crippen LogP contribution in [0.1, 0.15) is 42.0 Å². The van der Waals surface area contributed by atoms with Gasteiger partial charge in [0.2, 0.25) is 5.95 Å². The predicted molar refractivity (Wildman–Crippen MR) is 110 cm³/mol. The molecule has 1 aliphatic heterocycles. The Hall–Kier alpha value is -3.41. The molecule has 0 amide bonds. The van der Waals surface area contributed by atoms with Gasteiger partial charge in [-0.1, -0.05) is 36.4 Å². The molecule has 0 saturated carbocycles. The molecule has 0 bridgehead atoms. The van der Waals surface area contributed by atoms with E-state index in [9.17, 15) is 4.79 Å². The van der Waals surface area contributed by atoms with Crippen LogP contribution < -0.4 is 10.1 Å². The Morgan fingerprint density at radius 3 is 2.97 bits per heavy atom. The first-order valence-electron chi connectivity index (χ1n) is 9.91. The van der Waals surface area contributed by atoms with Gasteiger partial charge < -0.3 is 10.1 Å². The van der Waals surface area contributed by atoms with Crippen molar-refractivity contribution in [2.24, 2.45) is 0 Å². The number of nitrogens with one attached hydrogen (secondary N) is 1. The zero-order chi connectivity index (χ0) is 19.8. The van der Waals surface area contributed by atoms with Crippen LogP contribution in [-0.4, -0.2) is 20.5 Å². The number of Topliss-reactive ketones (excluding diaryl/α,β-unsaturated/α-hetero) is 1. The Kier molecular flexibility index (Phi) is 4.39. The summed E-state index contributed by atoms with van der Waals surface area (Å²) in [6.07, 6.45) is 3.82. The third-order valence-corrected chi connectivity index (χ3v) is 5.64. The van der Waals surface area contributed by atoms with Gasteiger partial charge in [0.1, 0.15) is 24.7 Å². The maximum Gasteiger partial charge on any atom is 0.226 e. The molecule has 2 aliphatic rings. The van der Waals surface area contributed by atoms with E-state index in [-0.39, 0.29) is 11.8 Å². The predicted octanol–water partition coefficient (Wildman–Crippen LogP) is 4.19. The molecule has 1 unspecified atom stereocenters. The Morgan fingerprint density at radius 1 is 1.17 bits per heavy atom. The fourth-order valence-electron chi connectivity index (χ4n) is 4.11. The summed E-state index contributed by atoms with van der Waals surface area (Å²) in [5.41, 5.74) is 5.11. The lowest BCUT2D eigenvalue weighted by molar-refractivity contribution is -0.116. The number of rotatable bonds is 4. The number of benzene rings is 2. The molecule has 0 radical (unpaired) electrons. The van der Waals surface area contributed by atoms with E-state index >= 15 is 0 Å². The molecular formula is C23H22N4O2. The first-order chi connectivity index (χ1) is 14.2. The number of ketones is 1. The minimum Gasteiger partial charge on any atom is -0.489 e. The normalized spacial score (nSPS) is 18.1. The van der Waals surface area contributed by atoms with E-state index < -0.39 is 0 Å². The van der Waals surface area contributed by atoms with Crippen molar-refractivity contribution < 1.29 is 9.53 Å². The van der Waals surface area contributed by atoms with Gasteiger partial charge in [-0.15, -0.1) is 0 Å². The van der Waals surface area contributed by atoms with Crippen LogP contribution >= 0.6 is 0 Å². The monoisotopic (exact) mass is 386 g/mol. The van der Waals surface area contributed by atoms with Crippen molar-refractivity contribution in [3.8, 4) is 5.75 Å². The molecule has 0 fully saturated rings. The Labute approximate surface area is 169 Å². The molecule has 1 atom stereocenters. The van der Waals surface area contributed by atoms with Crippen molar-refractivity contribution >= 4 is 11.7 Å². The third-order valence-electron chi connectivity index (χ3n) is 5.64. The number of fused-ring (bicyclic) bond motifs is 1. The average Bonchev–Trinajstić information content (AvgIpc) is 3.20. The van der Waals surface area contributed by atoms with E-state index in [0.29, 0.717) is 19.0 Å². The number of aromatic nitrogens is 3. The minimum absolute atomic E-state index is 0.177. The zero-order valence-corrected chi connectivity index (χ0v) is 16.3. The molecule has 6 heteroatoms. The summed E-state index contributed by atoms with van der Waals surface area (Å²) >= 11 is 0. The van der Waals surface area contributed by atoms with Crippen molar-refractivity contribution in [2.45, 2.75) is 38.8 Å². The van der Waals surface area contributed by atoms with Gasteiger partial charge in [-0.05, 0) is 48.6 Å². The quantitative estimate of drug-likeness (QED) is 0.728. The number of ether oxygens (including phenoxy) is 1. The highest BCUT2D eigenvalue weighted by atomic mass is 16.5. The molecule has 1 N–H and O–H groups in total. The number of allylic oxidation sites excluding steroid dienone is 2. The summed E-state index contributed by atoms with van der Waals surface area (Å²) in [5.74, 6) is 1.63. The van der Waals surface area contributed by atoms with Gasteiger partial charge >= 0.3 is 0 Å². The third kappa shape index (κ3) is 3.20. The fourth-order valence-corrected chi connectivity index (χ4v) is 4.11. The topological polar surface area (TPSA) is 69.0 Å². The Morgan fingerprint density at radius 2 is 2.07 bits per heavy atom. The molecule has 1 aliphatic carbocycles. The largest absolute Gasteiger partial charge is 0.489 e. The number of hydrogen-bond donors (Lipinski definition) is 1. The second-order valence-electron chi connectivity index (χ2n) is 7.51. The first-order valence-corrected chi connectivity index (χ1v) is 9.91. The summed E-state index contributed by atoms with van der Waals surface area (Å²) in [5, 5.41) is 7.68. The van der Waals surface area contributed by atoms with Crippen LogP contribution in [-0.2, 0) is 11.4 Å². The number of hydrogen-bond acceptors (Lipinski definition) is 5. The fraction of sp³-hybridized carbons (Fsp3) is 0.261. The van der Waals surface area contributed by atoms with E-state index in [1.807, 2.05) is 36.4 Å². The summed E-state index contributed by atoms with van der Waals surface area (Å²) in [6, 6.07) is 15.9. The maximum absolute atomic E-state index is 12.8. The van der Waals surface area contributed by atoms with Gasteiger partial charge in [0, 0.05) is 17.7 Å². The second kappa shape index (κ2) is 7.20. The molecule has 0 saturated heterocycles. The molecule has 0 spiro atoms. The van der Waals surface area contributed by atoms with Crippen molar-refractivity contribution in [2.75, 3.05) is 5.32 Å². The van der Waals surface area contributed by atoms with Gasteiger partial charge in [0.25, 0.3) is 0 Å². The number of carbonyl (C=O) groups excluding carboxylic acids is 1. The summed E-state index contributed by atoms with van der Waals surface area (Å²) in [7, 11) is 0. The van der Waals surface area contributed by atoms with Crippen molar-refractivity contribution in [3.05, 3.63) is 82.8 Å². The highest BCUT2D eigenvalue weighted by Crippen LogP contribution is 2.40. The van der Waals surface area contributed by atoms with Crippen molar-refractivity contribution in [1.82, 2.24) is 14.8 Å². The maximum atomic E-state index is 12.8. The summed E-state index contributed by atoms with van der Waals surface area (Å²) in [6.45, 7) is 2.59. The molecule has 3 aromatic rings. The van der Waals surface area contributed by atoms with Crippen LogP contribution in [0.5, 0.6) is 5.75 Å². The van der Waals surface area contributed by atoms with Crippen molar-refractivity contribution in [1.29, 1.82) is 0 Å². The molecule has 2 aromatic carbocycles. The van der Waals surface area contributed by atoms with E-state index in [1.165, 1.54) is 11.9 Å². The Balaban J connectivity index is 1.49. The number of anilines is 1. The van der Waals surface area contributed by atoms with Crippen LogP contribution in [0, 0.1) is 6.92 Å². The SMILES string of the molecule is Cc1ccccc1COc1cccc(C2C3=C(CCCC3=O)Nc3ncnn32)c1. The van der Waals surface area contributed by atoms with Crippen LogP contribution in [0.2, 0.25) is 0 Å². The molecule has 5 rings (SSSR count). The smallest absolute Gasteiger partial charge is 0.226 e.